The standard InChI is InChI=1S/C10H10/c1-5-6-7-8-9-10(2,3)4/h1H,2-4H3. The highest BCUT2D eigenvalue weighted by Crippen LogP contribution is 2.09. The van der Waals surface area contributed by atoms with Gasteiger partial charge in [0.25, 0.3) is 0 Å². The van der Waals surface area contributed by atoms with Crippen LogP contribution < -0.4 is 0 Å². The van der Waals surface area contributed by atoms with Crippen molar-refractivity contribution in [3.05, 3.63) is 0 Å². The summed E-state index contributed by atoms with van der Waals surface area (Å²) in [6.07, 6.45) is 4.89. The number of hydrogen-bond donors (Lipinski definition) is 0. The van der Waals surface area contributed by atoms with E-state index in [1.165, 1.54) is 0 Å². The molecule has 0 amide bonds. The number of rotatable bonds is 0. The van der Waals surface area contributed by atoms with E-state index in [0.717, 1.165) is 0 Å². The van der Waals surface area contributed by atoms with E-state index in [1.54, 1.807) is 0 Å². The lowest BCUT2D eigenvalue weighted by molar-refractivity contribution is 0.571. The van der Waals surface area contributed by atoms with Crippen molar-refractivity contribution in [2.45, 2.75) is 20.8 Å². The molecule has 0 heterocycles. The van der Waals surface area contributed by atoms with Gasteiger partial charge in [0.2, 0.25) is 0 Å². The Labute approximate surface area is 63.0 Å². The molecule has 0 aromatic rings. The largest absolute Gasteiger partial charge is 0.106 e. The first-order chi connectivity index (χ1) is 4.56. The maximum atomic E-state index is 4.89. The molecule has 0 unspecified atom stereocenters. The van der Waals surface area contributed by atoms with Gasteiger partial charge in [0.05, 0.1) is 0 Å². The molecule has 0 heteroatoms. The van der Waals surface area contributed by atoms with E-state index in [2.05, 4.69) is 29.6 Å². The second-order valence-electron chi connectivity index (χ2n) is 2.89. The third-order valence-electron chi connectivity index (χ3n) is 0.635. The summed E-state index contributed by atoms with van der Waals surface area (Å²) in [6, 6.07) is 0. The molecule has 0 saturated carbocycles. The van der Waals surface area contributed by atoms with Gasteiger partial charge >= 0.3 is 0 Å². The van der Waals surface area contributed by atoms with Crippen molar-refractivity contribution in [1.82, 2.24) is 0 Å². The second-order valence-corrected chi connectivity index (χ2v) is 2.89. The van der Waals surface area contributed by atoms with E-state index in [0.29, 0.717) is 0 Å². The van der Waals surface area contributed by atoms with Crippen molar-refractivity contribution < 1.29 is 0 Å². The first-order valence-electron chi connectivity index (χ1n) is 3.04. The zero-order valence-electron chi connectivity index (χ0n) is 6.58. The predicted octanol–water partition coefficient (Wildman–Crippen LogP) is 1.67. The molecule has 0 aliphatic rings. The Morgan fingerprint density at radius 3 is 2.00 bits per heavy atom. The summed E-state index contributed by atoms with van der Waals surface area (Å²) in [7, 11) is 0. The highest BCUT2D eigenvalue weighted by atomic mass is 14.0. The maximum Gasteiger partial charge on any atom is 0.0240 e. The molecular formula is C10H10. The molecule has 0 radical (unpaired) electrons. The minimum absolute atomic E-state index is 0.0171. The van der Waals surface area contributed by atoms with Crippen LogP contribution in [0.3, 0.4) is 0 Å². The summed E-state index contributed by atoms with van der Waals surface area (Å²) in [5.41, 5.74) is 0.0171. The fourth-order valence-electron chi connectivity index (χ4n) is 0.286. The third kappa shape index (κ3) is 6.68. The van der Waals surface area contributed by atoms with E-state index < -0.39 is 0 Å². The van der Waals surface area contributed by atoms with E-state index in [4.69, 9.17) is 6.42 Å². The van der Waals surface area contributed by atoms with Gasteiger partial charge in [0.15, 0.2) is 0 Å². The zero-order chi connectivity index (χ0) is 8.04. The average molecular weight is 130 g/mol. The Kier molecular flexibility index (Phi) is 3.17. The summed E-state index contributed by atoms with van der Waals surface area (Å²) in [4.78, 5) is 0. The van der Waals surface area contributed by atoms with Gasteiger partial charge in [-0.25, -0.2) is 0 Å². The molecule has 0 aliphatic carbocycles. The first kappa shape index (κ1) is 8.68. The van der Waals surface area contributed by atoms with Crippen molar-refractivity contribution >= 4 is 0 Å². The second kappa shape index (κ2) is 3.66. The lowest BCUT2D eigenvalue weighted by Gasteiger charge is -2.05. The number of terminal acetylenes is 1. The molecule has 0 aliphatic heterocycles. The average Bonchev–Trinajstić information content (AvgIpc) is 1.78. The molecule has 0 nitrogen and oxygen atoms in total. The molecule has 0 aromatic heterocycles. The van der Waals surface area contributed by atoms with Crippen LogP contribution in [0.4, 0.5) is 0 Å². The molecule has 0 saturated heterocycles. The Morgan fingerprint density at radius 1 is 1.00 bits per heavy atom. The fourth-order valence-corrected chi connectivity index (χ4v) is 0.286. The van der Waals surface area contributed by atoms with Gasteiger partial charge in [0.1, 0.15) is 0 Å². The van der Waals surface area contributed by atoms with Gasteiger partial charge in [-0.05, 0) is 44.5 Å². The summed E-state index contributed by atoms with van der Waals surface area (Å²) in [6.45, 7) is 6.08. The van der Waals surface area contributed by atoms with Crippen LogP contribution in [0.15, 0.2) is 0 Å². The molecule has 0 fully saturated rings. The lowest BCUT2D eigenvalue weighted by atomic mass is 9.98. The van der Waals surface area contributed by atoms with E-state index in [9.17, 15) is 0 Å². The minimum atomic E-state index is 0.0171. The van der Waals surface area contributed by atoms with Crippen LogP contribution in [0.2, 0.25) is 0 Å². The molecule has 0 spiro atoms. The van der Waals surface area contributed by atoms with Crippen LogP contribution in [0.25, 0.3) is 0 Å². The molecule has 0 atom stereocenters. The van der Waals surface area contributed by atoms with Crippen LogP contribution >= 0.6 is 0 Å². The quantitative estimate of drug-likeness (QED) is 0.437. The Bertz CT molecular complexity index is 247. The van der Waals surface area contributed by atoms with Crippen molar-refractivity contribution in [2.75, 3.05) is 0 Å². The van der Waals surface area contributed by atoms with Crippen LogP contribution in [-0.2, 0) is 0 Å². The summed E-state index contributed by atoms with van der Waals surface area (Å²) < 4.78 is 0. The molecule has 0 aromatic carbocycles. The lowest BCUT2D eigenvalue weighted by Crippen LogP contribution is -1.98. The molecule has 10 heavy (non-hydrogen) atoms. The molecular weight excluding hydrogens is 120 g/mol. The first-order valence-corrected chi connectivity index (χ1v) is 3.04. The van der Waals surface area contributed by atoms with Gasteiger partial charge in [-0.1, -0.05) is 5.92 Å². The minimum Gasteiger partial charge on any atom is -0.106 e. The summed E-state index contributed by atoms with van der Waals surface area (Å²) >= 11 is 0. The van der Waals surface area contributed by atoms with Crippen molar-refractivity contribution in [3.8, 4) is 36.0 Å². The van der Waals surface area contributed by atoms with Crippen LogP contribution in [0.5, 0.6) is 0 Å². The number of hydrogen-bond acceptors (Lipinski definition) is 0. The molecule has 0 bridgehead atoms. The topological polar surface area (TPSA) is 0 Å². The van der Waals surface area contributed by atoms with Gasteiger partial charge < -0.3 is 0 Å². The molecule has 50 valence electrons. The fraction of sp³-hybridized carbons (Fsp3) is 0.400. The van der Waals surface area contributed by atoms with Crippen molar-refractivity contribution in [1.29, 1.82) is 0 Å². The monoisotopic (exact) mass is 130 g/mol. The van der Waals surface area contributed by atoms with Gasteiger partial charge in [-0.2, -0.15) is 0 Å². The van der Waals surface area contributed by atoms with Gasteiger partial charge in [-0.15, -0.1) is 6.42 Å². The Hall–Kier alpha value is -1.32. The molecule has 0 rings (SSSR count). The van der Waals surface area contributed by atoms with E-state index >= 15 is 0 Å². The summed E-state index contributed by atoms with van der Waals surface area (Å²) in [5.74, 6) is 12.8. The third-order valence-corrected chi connectivity index (χ3v) is 0.635. The van der Waals surface area contributed by atoms with Gasteiger partial charge in [0, 0.05) is 5.41 Å². The van der Waals surface area contributed by atoms with Crippen molar-refractivity contribution in [3.63, 3.8) is 0 Å². The Balaban J connectivity index is 4.10. The highest BCUT2D eigenvalue weighted by molar-refractivity contribution is 5.34. The SMILES string of the molecule is C#CC#CC#CC(C)(C)C. The maximum absolute atomic E-state index is 4.89. The van der Waals surface area contributed by atoms with Crippen LogP contribution in [-0.4, -0.2) is 0 Å². The van der Waals surface area contributed by atoms with Gasteiger partial charge in [-0.3, -0.25) is 0 Å². The molecule has 0 N–H and O–H groups in total. The predicted molar refractivity (Wildman–Crippen MR) is 43.8 cm³/mol. The van der Waals surface area contributed by atoms with E-state index in [1.807, 2.05) is 20.8 Å². The van der Waals surface area contributed by atoms with Crippen molar-refractivity contribution in [2.24, 2.45) is 5.41 Å². The smallest absolute Gasteiger partial charge is 0.0240 e. The van der Waals surface area contributed by atoms with E-state index in [-0.39, 0.29) is 5.41 Å². The van der Waals surface area contributed by atoms with Crippen LogP contribution in [0, 0.1) is 41.4 Å². The highest BCUT2D eigenvalue weighted by Gasteiger charge is 2.02. The normalized spacial score (nSPS) is 7.80. The summed E-state index contributed by atoms with van der Waals surface area (Å²) in [5, 5.41) is 0. The zero-order valence-corrected chi connectivity index (χ0v) is 6.58. The van der Waals surface area contributed by atoms with Crippen LogP contribution in [0.1, 0.15) is 20.8 Å². The Morgan fingerprint density at radius 2 is 1.60 bits per heavy atom.